The van der Waals surface area contributed by atoms with Crippen molar-refractivity contribution in [1.29, 1.82) is 0 Å². The van der Waals surface area contributed by atoms with Crippen molar-refractivity contribution in [3.8, 4) is 0 Å². The molecule has 3 amide bonds. The molecule has 1 aromatic heterocycles. The van der Waals surface area contributed by atoms with Crippen LogP contribution in [0.1, 0.15) is 45.7 Å². The lowest BCUT2D eigenvalue weighted by molar-refractivity contribution is -0.137. The molecule has 0 aliphatic heterocycles. The first-order valence-corrected chi connectivity index (χ1v) is 11.6. The minimum Gasteiger partial charge on any atom is -0.481 e. The van der Waals surface area contributed by atoms with Gasteiger partial charge in [0.1, 0.15) is 5.69 Å². The van der Waals surface area contributed by atoms with Gasteiger partial charge in [0.2, 0.25) is 0 Å². The SMILES string of the molecule is NC(CCC(=O)c1ccc(NC(=O)c2csc(NC(=O)NCc3ccccc3)n2)cc1)CC(=O)O. The number of anilines is 2. The number of ketones is 1. The topological polar surface area (TPSA) is 164 Å². The second-order valence-corrected chi connectivity index (χ2v) is 8.54. The number of hydrogen-bond acceptors (Lipinski definition) is 7. The predicted molar refractivity (Wildman–Crippen MR) is 133 cm³/mol. The highest BCUT2D eigenvalue weighted by atomic mass is 32.1. The number of hydrogen-bond donors (Lipinski definition) is 5. The Bertz CT molecular complexity index is 1180. The molecule has 2 aromatic carbocycles. The van der Waals surface area contributed by atoms with Crippen LogP contribution < -0.4 is 21.7 Å². The number of carbonyl (C=O) groups is 4. The van der Waals surface area contributed by atoms with Gasteiger partial charge in [-0.2, -0.15) is 0 Å². The molecule has 3 aromatic rings. The number of nitrogens with zero attached hydrogens (tertiary/aromatic N) is 1. The number of carboxylic acids is 1. The van der Waals surface area contributed by atoms with Gasteiger partial charge < -0.3 is 21.5 Å². The van der Waals surface area contributed by atoms with E-state index >= 15 is 0 Å². The summed E-state index contributed by atoms with van der Waals surface area (Å²) in [5, 5.41) is 18.5. The summed E-state index contributed by atoms with van der Waals surface area (Å²) >= 11 is 1.12. The zero-order valence-corrected chi connectivity index (χ0v) is 19.5. The van der Waals surface area contributed by atoms with Crippen LogP contribution in [-0.2, 0) is 11.3 Å². The minimum absolute atomic E-state index is 0.133. The van der Waals surface area contributed by atoms with Crippen molar-refractivity contribution in [2.24, 2.45) is 5.73 Å². The molecule has 1 unspecified atom stereocenters. The van der Waals surface area contributed by atoms with Crippen molar-refractivity contribution in [3.63, 3.8) is 0 Å². The van der Waals surface area contributed by atoms with Crippen LogP contribution in [0.5, 0.6) is 0 Å². The number of amides is 3. The quantitative estimate of drug-likeness (QED) is 0.254. The lowest BCUT2D eigenvalue weighted by Gasteiger charge is -2.08. The molecule has 1 heterocycles. The molecule has 0 aliphatic rings. The molecule has 0 fully saturated rings. The summed E-state index contributed by atoms with van der Waals surface area (Å²) in [4.78, 5) is 51.6. The van der Waals surface area contributed by atoms with E-state index in [-0.39, 0.29) is 35.9 Å². The molecule has 0 bridgehead atoms. The zero-order chi connectivity index (χ0) is 25.2. The lowest BCUT2D eigenvalue weighted by atomic mass is 10.0. The Morgan fingerprint density at radius 1 is 1.00 bits per heavy atom. The summed E-state index contributed by atoms with van der Waals surface area (Å²) < 4.78 is 0. The predicted octanol–water partition coefficient (Wildman–Crippen LogP) is 3.48. The fourth-order valence-electron chi connectivity index (χ4n) is 3.08. The summed E-state index contributed by atoms with van der Waals surface area (Å²) in [6.07, 6.45) is 0.215. The standard InChI is InChI=1S/C24H25N5O5S/c25-17(12-21(31)32)8-11-20(30)16-6-9-18(10-7-16)27-22(33)19-14-35-24(28-19)29-23(34)26-13-15-4-2-1-3-5-15/h1-7,9-10,14,17H,8,11-13,25H2,(H,27,33)(H,31,32)(H2,26,28,29,34). The van der Waals surface area contributed by atoms with Gasteiger partial charge in [-0.3, -0.25) is 19.7 Å². The van der Waals surface area contributed by atoms with Crippen molar-refractivity contribution in [2.45, 2.75) is 31.8 Å². The highest BCUT2D eigenvalue weighted by molar-refractivity contribution is 7.14. The van der Waals surface area contributed by atoms with Crippen LogP contribution in [0.25, 0.3) is 0 Å². The number of nitrogens with one attached hydrogen (secondary N) is 3. The van der Waals surface area contributed by atoms with Crippen LogP contribution in [0, 0.1) is 0 Å². The van der Waals surface area contributed by atoms with Crippen molar-refractivity contribution >= 4 is 45.8 Å². The average Bonchev–Trinajstić information content (AvgIpc) is 3.30. The number of rotatable bonds is 11. The average molecular weight is 496 g/mol. The van der Waals surface area contributed by atoms with E-state index in [1.807, 2.05) is 30.3 Å². The van der Waals surface area contributed by atoms with E-state index in [9.17, 15) is 19.2 Å². The number of nitrogens with two attached hydrogens (primary N) is 1. The first kappa shape index (κ1) is 25.5. The first-order chi connectivity index (χ1) is 16.8. The highest BCUT2D eigenvalue weighted by Crippen LogP contribution is 2.18. The van der Waals surface area contributed by atoms with Gasteiger partial charge in [-0.25, -0.2) is 9.78 Å². The molecular weight excluding hydrogens is 470 g/mol. The summed E-state index contributed by atoms with van der Waals surface area (Å²) in [7, 11) is 0. The van der Waals surface area contributed by atoms with Crippen LogP contribution in [-0.4, -0.2) is 39.8 Å². The number of aromatic nitrogens is 1. The molecule has 1 atom stereocenters. The monoisotopic (exact) mass is 495 g/mol. The summed E-state index contributed by atoms with van der Waals surface area (Å²) in [5.41, 5.74) is 7.69. The van der Waals surface area contributed by atoms with Crippen LogP contribution in [0.2, 0.25) is 0 Å². The second kappa shape index (κ2) is 12.4. The Kier molecular flexibility index (Phi) is 9.04. The maximum atomic E-state index is 12.5. The van der Waals surface area contributed by atoms with Crippen LogP contribution in [0.4, 0.5) is 15.6 Å². The number of benzene rings is 2. The molecule has 182 valence electrons. The molecular formula is C24H25N5O5S. The third-order valence-corrected chi connectivity index (χ3v) is 5.65. The fraction of sp³-hybridized carbons (Fsp3) is 0.208. The van der Waals surface area contributed by atoms with Crippen molar-refractivity contribution in [1.82, 2.24) is 10.3 Å². The van der Waals surface area contributed by atoms with Gasteiger partial charge >= 0.3 is 12.0 Å². The van der Waals surface area contributed by atoms with E-state index in [2.05, 4.69) is 20.9 Å². The summed E-state index contributed by atoms with van der Waals surface area (Å²) in [6, 6.07) is 14.8. The molecule has 3 rings (SSSR count). The van der Waals surface area contributed by atoms with Crippen molar-refractivity contribution in [2.75, 3.05) is 10.6 Å². The van der Waals surface area contributed by atoms with Gasteiger partial charge in [-0.1, -0.05) is 30.3 Å². The lowest BCUT2D eigenvalue weighted by Crippen LogP contribution is -2.28. The van der Waals surface area contributed by atoms with Gasteiger partial charge in [0.15, 0.2) is 10.9 Å². The molecule has 10 nitrogen and oxygen atoms in total. The maximum Gasteiger partial charge on any atom is 0.321 e. The maximum absolute atomic E-state index is 12.5. The Hall–Kier alpha value is -4.09. The summed E-state index contributed by atoms with van der Waals surface area (Å²) in [5.74, 6) is -1.62. The molecule has 0 saturated heterocycles. The van der Waals surface area contributed by atoms with Gasteiger partial charge in [0, 0.05) is 35.6 Å². The Balaban J connectivity index is 1.47. The van der Waals surface area contributed by atoms with E-state index in [0.29, 0.717) is 17.8 Å². The first-order valence-electron chi connectivity index (χ1n) is 10.8. The zero-order valence-electron chi connectivity index (χ0n) is 18.7. The van der Waals surface area contributed by atoms with E-state index in [4.69, 9.17) is 10.8 Å². The van der Waals surface area contributed by atoms with Crippen LogP contribution in [0.15, 0.2) is 60.0 Å². The molecule has 35 heavy (non-hydrogen) atoms. The number of aliphatic carboxylic acids is 1. The Labute approximate surface area is 205 Å². The van der Waals surface area contributed by atoms with Crippen LogP contribution >= 0.6 is 11.3 Å². The van der Waals surface area contributed by atoms with E-state index < -0.39 is 23.9 Å². The number of carbonyl (C=O) groups excluding carboxylic acids is 3. The van der Waals surface area contributed by atoms with Crippen LogP contribution in [0.3, 0.4) is 0 Å². The van der Waals surface area contributed by atoms with E-state index in [1.54, 1.807) is 24.3 Å². The van der Waals surface area contributed by atoms with Gasteiger partial charge in [-0.05, 0) is 36.2 Å². The van der Waals surface area contributed by atoms with Crippen molar-refractivity contribution < 1.29 is 24.3 Å². The van der Waals surface area contributed by atoms with Crippen molar-refractivity contribution in [3.05, 3.63) is 76.8 Å². The number of carboxylic acid groups (broad SMARTS) is 1. The third kappa shape index (κ3) is 8.32. The van der Waals surface area contributed by atoms with E-state index in [0.717, 1.165) is 16.9 Å². The minimum atomic E-state index is -1.00. The van der Waals surface area contributed by atoms with Gasteiger partial charge in [0.05, 0.1) is 6.42 Å². The van der Waals surface area contributed by atoms with Gasteiger partial charge in [0.25, 0.3) is 5.91 Å². The molecule has 0 radical (unpaired) electrons. The molecule has 11 heteroatoms. The smallest absolute Gasteiger partial charge is 0.321 e. The number of Topliss-reactive ketones (excluding diaryl/α,β-unsaturated/α-hetero) is 1. The molecule has 0 saturated carbocycles. The largest absolute Gasteiger partial charge is 0.481 e. The van der Waals surface area contributed by atoms with Gasteiger partial charge in [-0.15, -0.1) is 11.3 Å². The number of thiazole rings is 1. The normalized spacial score (nSPS) is 11.3. The third-order valence-electron chi connectivity index (χ3n) is 4.90. The number of urea groups is 1. The highest BCUT2D eigenvalue weighted by Gasteiger charge is 2.14. The second-order valence-electron chi connectivity index (χ2n) is 7.68. The molecule has 0 spiro atoms. The summed E-state index contributed by atoms with van der Waals surface area (Å²) in [6.45, 7) is 0.360. The molecule has 6 N–H and O–H groups in total. The fourth-order valence-corrected chi connectivity index (χ4v) is 3.76. The molecule has 0 aliphatic carbocycles. The Morgan fingerprint density at radius 3 is 2.40 bits per heavy atom. The van der Waals surface area contributed by atoms with E-state index in [1.165, 1.54) is 5.38 Å². The Morgan fingerprint density at radius 2 is 1.71 bits per heavy atom.